The molecule has 0 bridgehead atoms. The molecule has 5 nitrogen and oxygen atoms in total. The maximum absolute atomic E-state index is 13.7. The van der Waals surface area contributed by atoms with Gasteiger partial charge in [-0.25, -0.2) is 8.78 Å². The summed E-state index contributed by atoms with van der Waals surface area (Å²) in [5.74, 6) is -3.40. The summed E-state index contributed by atoms with van der Waals surface area (Å²) in [5, 5.41) is 9.98. The normalized spacial score (nSPS) is 12.9. The molecule has 0 aliphatic carbocycles. The van der Waals surface area contributed by atoms with E-state index in [1.807, 2.05) is 0 Å². The van der Waals surface area contributed by atoms with Crippen LogP contribution >= 0.6 is 0 Å². The van der Waals surface area contributed by atoms with Gasteiger partial charge in [0.05, 0.1) is 12.6 Å². The summed E-state index contributed by atoms with van der Waals surface area (Å²) in [7, 11) is 0. The zero-order valence-corrected chi connectivity index (χ0v) is 12.3. The lowest BCUT2D eigenvalue weighted by molar-refractivity contribution is -0.144. The first-order valence-corrected chi connectivity index (χ1v) is 6.76. The lowest BCUT2D eigenvalue weighted by Gasteiger charge is -2.19. The molecule has 1 heterocycles. The number of aliphatic hydroxyl groups is 1. The third-order valence-electron chi connectivity index (χ3n) is 3.41. The zero-order chi connectivity index (χ0) is 18.9. The van der Waals surface area contributed by atoms with E-state index in [4.69, 9.17) is 5.73 Å². The number of alkyl halides is 3. The maximum atomic E-state index is 13.7. The maximum Gasteiger partial charge on any atom is 0.431 e. The molecule has 134 valence electrons. The number of hydrogen-bond acceptors (Lipinski definition) is 3. The van der Waals surface area contributed by atoms with Gasteiger partial charge in [-0.1, -0.05) is 6.07 Å². The highest BCUT2D eigenvalue weighted by Crippen LogP contribution is 2.30. The fourth-order valence-corrected chi connectivity index (χ4v) is 2.24. The Morgan fingerprint density at radius 3 is 2.36 bits per heavy atom. The Labute approximate surface area is 137 Å². The Hall–Kier alpha value is -2.75. The molecule has 0 aliphatic heterocycles. The molecule has 0 spiro atoms. The van der Waals surface area contributed by atoms with Crippen molar-refractivity contribution in [2.45, 2.75) is 18.8 Å². The Bertz CT molecular complexity index is 876. The molecule has 1 atom stereocenters. The van der Waals surface area contributed by atoms with E-state index >= 15 is 0 Å². The third kappa shape index (κ3) is 3.85. The van der Waals surface area contributed by atoms with Gasteiger partial charge in [-0.05, 0) is 18.2 Å². The predicted octanol–water partition coefficient (Wildman–Crippen LogP) is 1.98. The van der Waals surface area contributed by atoms with Crippen molar-refractivity contribution in [3.8, 4) is 0 Å². The minimum Gasteiger partial charge on any atom is -0.386 e. The quantitative estimate of drug-likeness (QED) is 0.816. The number of nitrogens with zero attached hydrogens (tertiary/aromatic N) is 1. The monoisotopic (exact) mass is 362 g/mol. The van der Waals surface area contributed by atoms with Gasteiger partial charge in [0.25, 0.3) is 11.5 Å². The van der Waals surface area contributed by atoms with E-state index in [9.17, 15) is 36.6 Å². The molecular weight excluding hydrogens is 351 g/mol. The van der Waals surface area contributed by atoms with Crippen molar-refractivity contribution in [3.63, 3.8) is 0 Å². The van der Waals surface area contributed by atoms with Gasteiger partial charge >= 0.3 is 6.18 Å². The van der Waals surface area contributed by atoms with Gasteiger partial charge in [0.1, 0.15) is 22.9 Å². The van der Waals surface area contributed by atoms with Crippen molar-refractivity contribution in [1.29, 1.82) is 0 Å². The number of aromatic nitrogens is 1. The highest BCUT2D eigenvalue weighted by molar-refractivity contribution is 5.92. The number of amides is 1. The molecule has 1 amide bonds. The molecule has 0 fully saturated rings. The van der Waals surface area contributed by atoms with Crippen LogP contribution in [-0.4, -0.2) is 15.6 Å². The average Bonchev–Trinajstić information content (AvgIpc) is 2.47. The number of benzene rings is 1. The molecular formula is C15H11F5N2O3. The smallest absolute Gasteiger partial charge is 0.386 e. The number of carbonyl (C=O) groups is 1. The van der Waals surface area contributed by atoms with Gasteiger partial charge in [-0.3, -0.25) is 9.59 Å². The number of hydrogen-bond donors (Lipinski definition) is 2. The van der Waals surface area contributed by atoms with Gasteiger partial charge in [0.15, 0.2) is 0 Å². The Kier molecular flexibility index (Phi) is 4.93. The number of nitrogens with two attached hydrogens (primary N) is 1. The molecule has 0 saturated heterocycles. The number of halogens is 5. The fraction of sp³-hybridized carbons (Fsp3) is 0.200. The highest BCUT2D eigenvalue weighted by atomic mass is 19.4. The minimum absolute atomic E-state index is 0.0769. The van der Waals surface area contributed by atoms with Crippen LogP contribution in [0, 0.1) is 11.6 Å². The SMILES string of the molecule is NC(=O)c1ccc(C(F)(F)F)n(CC(O)c2ccc(F)cc2F)c1=O. The fourth-order valence-electron chi connectivity index (χ4n) is 2.24. The average molecular weight is 362 g/mol. The largest absolute Gasteiger partial charge is 0.431 e. The third-order valence-corrected chi connectivity index (χ3v) is 3.41. The summed E-state index contributed by atoms with van der Waals surface area (Å²) in [6.45, 7) is -1.02. The molecule has 10 heteroatoms. The van der Waals surface area contributed by atoms with E-state index < -0.39 is 58.7 Å². The molecule has 1 unspecified atom stereocenters. The van der Waals surface area contributed by atoms with Crippen LogP contribution in [0.5, 0.6) is 0 Å². The van der Waals surface area contributed by atoms with Crippen LogP contribution in [0.15, 0.2) is 35.1 Å². The van der Waals surface area contributed by atoms with Crippen molar-refractivity contribution in [3.05, 3.63) is 69.1 Å². The molecule has 0 radical (unpaired) electrons. The first kappa shape index (κ1) is 18.6. The number of carbonyl (C=O) groups excluding carboxylic acids is 1. The van der Waals surface area contributed by atoms with Crippen molar-refractivity contribution in [2.24, 2.45) is 5.73 Å². The van der Waals surface area contributed by atoms with E-state index in [0.29, 0.717) is 18.2 Å². The van der Waals surface area contributed by atoms with Crippen LogP contribution in [0.2, 0.25) is 0 Å². The first-order chi connectivity index (χ1) is 11.5. The number of primary amides is 1. The number of pyridine rings is 1. The molecule has 0 saturated carbocycles. The molecule has 2 aromatic rings. The van der Waals surface area contributed by atoms with Crippen LogP contribution in [0.25, 0.3) is 0 Å². The second-order valence-corrected chi connectivity index (χ2v) is 5.09. The summed E-state index contributed by atoms with van der Waals surface area (Å²) in [4.78, 5) is 23.2. The van der Waals surface area contributed by atoms with Crippen molar-refractivity contribution >= 4 is 5.91 Å². The van der Waals surface area contributed by atoms with E-state index in [0.717, 1.165) is 12.1 Å². The van der Waals surface area contributed by atoms with E-state index in [1.54, 1.807) is 0 Å². The Morgan fingerprint density at radius 1 is 1.20 bits per heavy atom. The number of rotatable bonds is 4. The van der Waals surface area contributed by atoms with Crippen molar-refractivity contribution < 1.29 is 31.9 Å². The van der Waals surface area contributed by atoms with Crippen molar-refractivity contribution in [2.75, 3.05) is 0 Å². The van der Waals surface area contributed by atoms with Crippen LogP contribution in [0.4, 0.5) is 22.0 Å². The second-order valence-electron chi connectivity index (χ2n) is 5.09. The summed E-state index contributed by atoms with van der Waals surface area (Å²) in [5.41, 5.74) is 0.857. The summed E-state index contributed by atoms with van der Waals surface area (Å²) < 4.78 is 65.8. The van der Waals surface area contributed by atoms with E-state index in [2.05, 4.69) is 0 Å². The van der Waals surface area contributed by atoms with Gasteiger partial charge in [-0.15, -0.1) is 0 Å². The highest BCUT2D eigenvalue weighted by Gasteiger charge is 2.35. The molecule has 1 aromatic heterocycles. The summed E-state index contributed by atoms with van der Waals surface area (Å²) >= 11 is 0. The minimum atomic E-state index is -4.98. The zero-order valence-electron chi connectivity index (χ0n) is 12.3. The molecule has 3 N–H and O–H groups in total. The van der Waals surface area contributed by atoms with Gasteiger partial charge in [-0.2, -0.15) is 13.2 Å². The Morgan fingerprint density at radius 2 is 1.84 bits per heavy atom. The van der Waals surface area contributed by atoms with E-state index in [-0.39, 0.29) is 4.57 Å². The Balaban J connectivity index is 2.55. The van der Waals surface area contributed by atoms with Gasteiger partial charge < -0.3 is 15.4 Å². The topological polar surface area (TPSA) is 85.3 Å². The summed E-state index contributed by atoms with van der Waals surface area (Å²) in [6, 6.07) is 3.15. The van der Waals surface area contributed by atoms with Crippen LogP contribution in [0.1, 0.15) is 27.7 Å². The van der Waals surface area contributed by atoms with Crippen LogP contribution in [-0.2, 0) is 12.7 Å². The van der Waals surface area contributed by atoms with Crippen LogP contribution < -0.4 is 11.3 Å². The molecule has 0 aliphatic rings. The van der Waals surface area contributed by atoms with Crippen LogP contribution in [0.3, 0.4) is 0 Å². The second kappa shape index (κ2) is 6.63. The predicted molar refractivity (Wildman–Crippen MR) is 75.5 cm³/mol. The molecule has 2 rings (SSSR count). The van der Waals surface area contributed by atoms with Gasteiger partial charge in [0, 0.05) is 11.6 Å². The lowest BCUT2D eigenvalue weighted by atomic mass is 10.1. The lowest BCUT2D eigenvalue weighted by Crippen LogP contribution is -2.35. The number of aliphatic hydroxyl groups excluding tert-OH is 1. The molecule has 1 aromatic carbocycles. The van der Waals surface area contributed by atoms with Gasteiger partial charge in [0.2, 0.25) is 0 Å². The standard InChI is InChI=1S/C15H11F5N2O3/c16-7-1-2-8(10(17)5-7)11(23)6-22-12(15(18,19)20)4-3-9(13(21)24)14(22)25/h1-5,11,23H,6H2,(H2,21,24). The summed E-state index contributed by atoms with van der Waals surface area (Å²) in [6.07, 6.45) is -6.88. The van der Waals surface area contributed by atoms with E-state index in [1.165, 1.54) is 0 Å². The first-order valence-electron chi connectivity index (χ1n) is 6.76. The van der Waals surface area contributed by atoms with Crippen molar-refractivity contribution in [1.82, 2.24) is 4.57 Å². The molecule has 25 heavy (non-hydrogen) atoms.